The fraction of sp³-hybridized carbons (Fsp3) is 0.250. The Hall–Kier alpha value is -0.550. The second-order valence-electron chi connectivity index (χ2n) is 4.59. The minimum absolute atomic E-state index is 0.0761. The van der Waals surface area contributed by atoms with Gasteiger partial charge in [-0.15, -0.1) is 0 Å². The minimum Gasteiger partial charge on any atom is -0.496 e. The zero-order chi connectivity index (χ0) is 15.4. The molecule has 0 spiro atoms. The Morgan fingerprint density at radius 2 is 1.90 bits per heavy atom. The first-order chi connectivity index (χ1) is 10.0. The summed E-state index contributed by atoms with van der Waals surface area (Å²) in [7, 11) is 1.66. The summed E-state index contributed by atoms with van der Waals surface area (Å²) in [4.78, 5) is 0. The van der Waals surface area contributed by atoms with Crippen molar-refractivity contribution in [3.63, 3.8) is 0 Å². The van der Waals surface area contributed by atoms with Gasteiger partial charge in [0.25, 0.3) is 0 Å². The molecule has 1 unspecified atom stereocenters. The Kier molecular flexibility index (Phi) is 6.11. The quantitative estimate of drug-likeness (QED) is 0.665. The maximum atomic E-state index is 6.17. The molecule has 0 aromatic heterocycles. The van der Waals surface area contributed by atoms with Crippen LogP contribution in [0.15, 0.2) is 45.3 Å². The van der Waals surface area contributed by atoms with E-state index in [0.29, 0.717) is 0 Å². The average molecular weight is 434 g/mol. The molecule has 2 rings (SSSR count). The third kappa shape index (κ3) is 4.22. The maximum Gasteiger partial charge on any atom is 0.133 e. The molecular weight excluding hydrogens is 417 g/mol. The van der Waals surface area contributed by atoms with Crippen molar-refractivity contribution in [2.45, 2.75) is 13.0 Å². The minimum atomic E-state index is 0.0761. The normalized spacial score (nSPS) is 12.2. The predicted octanol–water partition coefficient (Wildman–Crippen LogP) is 5.57. The zero-order valence-corrected chi connectivity index (χ0v) is 15.7. The average Bonchev–Trinajstić information content (AvgIpc) is 2.43. The Bertz CT molecular complexity index is 613. The third-order valence-corrected chi connectivity index (χ3v) is 4.43. The van der Waals surface area contributed by atoms with Crippen molar-refractivity contribution in [3.8, 4) is 5.75 Å². The van der Waals surface area contributed by atoms with Gasteiger partial charge in [-0.25, -0.2) is 0 Å². The first-order valence-electron chi connectivity index (χ1n) is 6.58. The van der Waals surface area contributed by atoms with Gasteiger partial charge in [-0.05, 0) is 63.9 Å². The summed E-state index contributed by atoms with van der Waals surface area (Å²) < 4.78 is 7.20. The lowest BCUT2D eigenvalue weighted by Gasteiger charge is -2.20. The molecule has 2 aromatic carbocycles. The molecule has 0 heterocycles. The van der Waals surface area contributed by atoms with Gasteiger partial charge in [0.05, 0.1) is 17.6 Å². The van der Waals surface area contributed by atoms with E-state index in [1.807, 2.05) is 18.2 Å². The summed E-state index contributed by atoms with van der Waals surface area (Å²) in [6.45, 7) is 2.95. The van der Waals surface area contributed by atoms with Crippen molar-refractivity contribution in [1.82, 2.24) is 5.32 Å². The lowest BCUT2D eigenvalue weighted by atomic mass is 9.98. The van der Waals surface area contributed by atoms with E-state index in [1.165, 1.54) is 0 Å². The summed E-state index contributed by atoms with van der Waals surface area (Å²) in [5.74, 6) is 0.821. The van der Waals surface area contributed by atoms with Gasteiger partial charge in [-0.1, -0.05) is 40.5 Å². The molecule has 0 amide bonds. The summed E-state index contributed by atoms with van der Waals surface area (Å²) in [5, 5.41) is 4.21. The molecule has 5 heteroatoms. The van der Waals surface area contributed by atoms with E-state index in [2.05, 4.69) is 62.3 Å². The molecule has 0 fully saturated rings. The van der Waals surface area contributed by atoms with Crippen LogP contribution < -0.4 is 10.1 Å². The van der Waals surface area contributed by atoms with E-state index in [4.69, 9.17) is 16.3 Å². The van der Waals surface area contributed by atoms with Crippen molar-refractivity contribution in [3.05, 3.63) is 61.5 Å². The Balaban J connectivity index is 2.45. The van der Waals surface area contributed by atoms with Gasteiger partial charge < -0.3 is 10.1 Å². The molecule has 1 N–H and O–H groups in total. The highest BCUT2D eigenvalue weighted by molar-refractivity contribution is 9.10. The first kappa shape index (κ1) is 16.8. The van der Waals surface area contributed by atoms with Crippen LogP contribution in [0.3, 0.4) is 0 Å². The number of nitrogens with one attached hydrogen (secondary N) is 1. The molecule has 0 aliphatic carbocycles. The van der Waals surface area contributed by atoms with Gasteiger partial charge in [0.2, 0.25) is 0 Å². The Morgan fingerprint density at radius 3 is 2.48 bits per heavy atom. The number of halogens is 3. The van der Waals surface area contributed by atoms with E-state index >= 15 is 0 Å². The van der Waals surface area contributed by atoms with E-state index in [0.717, 1.165) is 37.4 Å². The highest BCUT2D eigenvalue weighted by Gasteiger charge is 2.15. The van der Waals surface area contributed by atoms with E-state index in [1.54, 1.807) is 7.11 Å². The first-order valence-corrected chi connectivity index (χ1v) is 8.54. The van der Waals surface area contributed by atoms with Crippen LogP contribution in [0.1, 0.15) is 24.1 Å². The summed E-state index contributed by atoms with van der Waals surface area (Å²) in [6.07, 6.45) is 0. The molecule has 0 aliphatic rings. The van der Waals surface area contributed by atoms with Crippen LogP contribution in [0.5, 0.6) is 5.75 Å². The van der Waals surface area contributed by atoms with Crippen LogP contribution in [-0.4, -0.2) is 13.7 Å². The summed E-state index contributed by atoms with van der Waals surface area (Å²) in [5.41, 5.74) is 2.27. The van der Waals surface area contributed by atoms with Crippen molar-refractivity contribution in [2.24, 2.45) is 0 Å². The standard InChI is InChI=1S/C16H16Br2ClNO/c1-3-20-16(11-6-12(17)9-13(19)7-11)10-4-5-15(21-2)14(18)8-10/h4-9,16,20H,3H2,1-2H3. The van der Waals surface area contributed by atoms with Crippen LogP contribution >= 0.6 is 43.5 Å². The largest absolute Gasteiger partial charge is 0.496 e. The topological polar surface area (TPSA) is 21.3 Å². The highest BCUT2D eigenvalue weighted by atomic mass is 79.9. The molecule has 2 nitrogen and oxygen atoms in total. The van der Waals surface area contributed by atoms with Crippen LogP contribution in [0.4, 0.5) is 0 Å². The van der Waals surface area contributed by atoms with Gasteiger partial charge in [0, 0.05) is 9.50 Å². The van der Waals surface area contributed by atoms with Gasteiger partial charge in [-0.3, -0.25) is 0 Å². The van der Waals surface area contributed by atoms with Crippen molar-refractivity contribution >= 4 is 43.5 Å². The van der Waals surface area contributed by atoms with Crippen molar-refractivity contribution in [1.29, 1.82) is 0 Å². The monoisotopic (exact) mass is 431 g/mol. The number of hydrogen-bond donors (Lipinski definition) is 1. The Labute approximate surface area is 147 Å². The molecule has 2 aromatic rings. The summed E-state index contributed by atoms with van der Waals surface area (Å²) in [6, 6.07) is 12.1. The molecule has 21 heavy (non-hydrogen) atoms. The SMILES string of the molecule is CCNC(c1cc(Cl)cc(Br)c1)c1ccc(OC)c(Br)c1. The predicted molar refractivity (Wildman–Crippen MR) is 95.4 cm³/mol. The maximum absolute atomic E-state index is 6.17. The highest BCUT2D eigenvalue weighted by Crippen LogP contribution is 2.32. The van der Waals surface area contributed by atoms with Crippen LogP contribution in [0.25, 0.3) is 0 Å². The van der Waals surface area contributed by atoms with Crippen molar-refractivity contribution in [2.75, 3.05) is 13.7 Å². The van der Waals surface area contributed by atoms with Gasteiger partial charge in [-0.2, -0.15) is 0 Å². The number of ether oxygens (including phenoxy) is 1. The fourth-order valence-corrected chi connectivity index (χ4v) is 3.68. The number of rotatable bonds is 5. The molecule has 0 aliphatic heterocycles. The summed E-state index contributed by atoms with van der Waals surface area (Å²) >= 11 is 13.2. The second-order valence-corrected chi connectivity index (χ2v) is 6.79. The van der Waals surface area contributed by atoms with Gasteiger partial charge in [0.1, 0.15) is 5.75 Å². The molecule has 0 saturated heterocycles. The van der Waals surface area contributed by atoms with Gasteiger partial charge in [0.15, 0.2) is 0 Å². The molecule has 0 bridgehead atoms. The molecule has 112 valence electrons. The molecule has 0 radical (unpaired) electrons. The van der Waals surface area contributed by atoms with Crippen LogP contribution in [-0.2, 0) is 0 Å². The smallest absolute Gasteiger partial charge is 0.133 e. The van der Waals surface area contributed by atoms with E-state index in [-0.39, 0.29) is 6.04 Å². The lowest BCUT2D eigenvalue weighted by molar-refractivity contribution is 0.412. The third-order valence-electron chi connectivity index (χ3n) is 3.14. The fourth-order valence-electron chi connectivity index (χ4n) is 2.24. The zero-order valence-electron chi connectivity index (χ0n) is 11.8. The lowest BCUT2D eigenvalue weighted by Crippen LogP contribution is -2.22. The van der Waals surface area contributed by atoms with Gasteiger partial charge >= 0.3 is 0 Å². The van der Waals surface area contributed by atoms with E-state index in [9.17, 15) is 0 Å². The second kappa shape index (κ2) is 7.63. The van der Waals surface area contributed by atoms with Crippen molar-refractivity contribution < 1.29 is 4.74 Å². The number of hydrogen-bond acceptors (Lipinski definition) is 2. The van der Waals surface area contributed by atoms with E-state index < -0.39 is 0 Å². The van der Waals surface area contributed by atoms with Crippen LogP contribution in [0, 0.1) is 0 Å². The molecule has 0 saturated carbocycles. The molecule has 1 atom stereocenters. The number of methoxy groups -OCH3 is 1. The number of benzene rings is 2. The Morgan fingerprint density at radius 1 is 1.14 bits per heavy atom. The van der Waals surface area contributed by atoms with Crippen LogP contribution in [0.2, 0.25) is 5.02 Å². The molecular formula is C16H16Br2ClNO.